The van der Waals surface area contributed by atoms with Crippen LogP contribution in [0, 0.1) is 6.92 Å². The van der Waals surface area contributed by atoms with Crippen LogP contribution in [0.5, 0.6) is 0 Å². The fraction of sp³-hybridized carbons (Fsp3) is 0.500. The highest BCUT2D eigenvalue weighted by Crippen LogP contribution is 2.15. The minimum absolute atomic E-state index is 0.279. The van der Waals surface area contributed by atoms with Crippen molar-refractivity contribution in [2.75, 3.05) is 0 Å². The van der Waals surface area contributed by atoms with Gasteiger partial charge < -0.3 is 4.43 Å². The molecule has 0 saturated heterocycles. The van der Waals surface area contributed by atoms with Crippen LogP contribution in [0.15, 0.2) is 18.2 Å². The first-order valence-electron chi connectivity index (χ1n) is 5.27. The largest absolute Gasteiger partial charge is 0.411 e. The maximum atomic E-state index is 6.04. The molecular weight excluding hydrogens is 224 g/mol. The summed E-state index contributed by atoms with van der Waals surface area (Å²) in [5.41, 5.74) is 1.24. The molecule has 0 aliphatic rings. The van der Waals surface area contributed by atoms with E-state index in [1.54, 1.807) is 0 Å². The van der Waals surface area contributed by atoms with E-state index in [-0.39, 0.29) is 6.10 Å². The Bertz CT molecular complexity index is 347. The first-order valence-corrected chi connectivity index (χ1v) is 8.56. The van der Waals surface area contributed by atoms with Crippen molar-refractivity contribution < 1.29 is 4.43 Å². The van der Waals surface area contributed by atoms with Crippen molar-refractivity contribution in [3.63, 3.8) is 0 Å². The van der Waals surface area contributed by atoms with Gasteiger partial charge >= 0.3 is 0 Å². The zero-order valence-electron chi connectivity index (χ0n) is 10.1. The third-order valence-electron chi connectivity index (χ3n) is 2.37. The predicted octanol–water partition coefficient (Wildman–Crippen LogP) is 3.49. The molecule has 0 saturated carbocycles. The van der Waals surface area contributed by atoms with E-state index < -0.39 is 8.32 Å². The first kappa shape index (κ1) is 12.8. The summed E-state index contributed by atoms with van der Waals surface area (Å²) in [5, 5.41) is 2.13. The van der Waals surface area contributed by atoms with E-state index in [4.69, 9.17) is 16.0 Å². The normalized spacial score (nSPS) is 12.2. The van der Waals surface area contributed by atoms with Crippen molar-refractivity contribution in [3.05, 3.63) is 28.8 Å². The summed E-state index contributed by atoms with van der Waals surface area (Å²) >= 11 is 5.95. The van der Waals surface area contributed by atoms with Crippen molar-refractivity contribution in [1.29, 1.82) is 0 Å². The summed E-state index contributed by atoms with van der Waals surface area (Å²) in [6, 6.07) is 6.06. The number of rotatable bonds is 3. The Morgan fingerprint density at radius 3 is 2.33 bits per heavy atom. The quantitative estimate of drug-likeness (QED) is 0.738. The van der Waals surface area contributed by atoms with Crippen LogP contribution >= 0.6 is 11.6 Å². The van der Waals surface area contributed by atoms with E-state index in [0.29, 0.717) is 0 Å². The molecule has 0 heterocycles. The van der Waals surface area contributed by atoms with Crippen molar-refractivity contribution in [2.45, 2.75) is 40.0 Å². The van der Waals surface area contributed by atoms with Crippen molar-refractivity contribution in [1.82, 2.24) is 0 Å². The van der Waals surface area contributed by atoms with Crippen LogP contribution in [0.3, 0.4) is 0 Å². The Labute approximate surface area is 98.5 Å². The zero-order valence-corrected chi connectivity index (χ0v) is 11.9. The average molecular weight is 243 g/mol. The molecule has 0 aromatic heterocycles. The summed E-state index contributed by atoms with van der Waals surface area (Å²) in [7, 11) is -1.77. The average Bonchev–Trinajstić information content (AvgIpc) is 1.99. The van der Waals surface area contributed by atoms with Crippen LogP contribution in [-0.2, 0) is 4.43 Å². The molecule has 0 atom stereocenters. The highest BCUT2D eigenvalue weighted by Gasteiger charge is 2.28. The van der Waals surface area contributed by atoms with Crippen LogP contribution in [0.25, 0.3) is 0 Å². The van der Waals surface area contributed by atoms with Gasteiger partial charge in [0, 0.05) is 11.1 Å². The molecule has 1 aromatic carbocycles. The molecule has 0 spiro atoms. The molecule has 3 heteroatoms. The van der Waals surface area contributed by atoms with Gasteiger partial charge in [0.25, 0.3) is 0 Å². The summed E-state index contributed by atoms with van der Waals surface area (Å²) in [6.45, 7) is 10.7. The molecule has 0 aliphatic heterocycles. The molecule has 15 heavy (non-hydrogen) atoms. The van der Waals surface area contributed by atoms with Crippen LogP contribution in [0.2, 0.25) is 18.1 Å². The lowest BCUT2D eigenvalue weighted by molar-refractivity contribution is 0.238. The van der Waals surface area contributed by atoms with Gasteiger partial charge in [0.05, 0.1) is 0 Å². The smallest absolute Gasteiger partial charge is 0.218 e. The Balaban J connectivity index is 3.04. The second-order valence-electron chi connectivity index (χ2n) is 4.64. The van der Waals surface area contributed by atoms with Crippen LogP contribution in [-0.4, -0.2) is 14.4 Å². The van der Waals surface area contributed by atoms with Crippen molar-refractivity contribution in [2.24, 2.45) is 0 Å². The third kappa shape index (κ3) is 3.33. The van der Waals surface area contributed by atoms with Gasteiger partial charge in [-0.15, -0.1) is 0 Å². The maximum absolute atomic E-state index is 6.04. The molecule has 84 valence electrons. The van der Waals surface area contributed by atoms with Gasteiger partial charge in [-0.25, -0.2) is 0 Å². The van der Waals surface area contributed by atoms with E-state index >= 15 is 0 Å². The summed E-state index contributed by atoms with van der Waals surface area (Å²) in [6.07, 6.45) is 0.279. The van der Waals surface area contributed by atoms with E-state index in [1.165, 1.54) is 10.8 Å². The molecule has 1 nitrogen and oxygen atoms in total. The van der Waals surface area contributed by atoms with Crippen LogP contribution in [0.1, 0.15) is 19.4 Å². The lowest BCUT2D eigenvalue weighted by Gasteiger charge is -2.27. The molecular formula is C12H19ClOSi. The highest BCUT2D eigenvalue weighted by molar-refractivity contribution is 6.84. The fourth-order valence-corrected chi connectivity index (χ4v) is 4.99. The van der Waals surface area contributed by atoms with Gasteiger partial charge in [0.15, 0.2) is 0 Å². The second-order valence-corrected chi connectivity index (χ2v) is 8.87. The molecule has 0 bridgehead atoms. The highest BCUT2D eigenvalue weighted by atomic mass is 35.5. The molecule has 0 amide bonds. The van der Waals surface area contributed by atoms with E-state index in [2.05, 4.69) is 39.9 Å². The third-order valence-corrected chi connectivity index (χ3v) is 5.52. The predicted molar refractivity (Wildman–Crippen MR) is 69.5 cm³/mol. The monoisotopic (exact) mass is 242 g/mol. The van der Waals surface area contributed by atoms with Gasteiger partial charge in [-0.3, -0.25) is 0 Å². The number of benzene rings is 1. The van der Waals surface area contributed by atoms with Crippen LogP contribution < -0.4 is 5.19 Å². The Morgan fingerprint density at radius 1 is 1.27 bits per heavy atom. The maximum Gasteiger partial charge on any atom is 0.218 e. The number of hydrogen-bond donors (Lipinski definition) is 0. The van der Waals surface area contributed by atoms with Gasteiger partial charge in [0.2, 0.25) is 8.32 Å². The molecule has 0 N–H and O–H groups in total. The van der Waals surface area contributed by atoms with Crippen LogP contribution in [0.4, 0.5) is 0 Å². The Hall–Kier alpha value is -0.313. The molecule has 0 fully saturated rings. The lowest BCUT2D eigenvalue weighted by Crippen LogP contribution is -2.47. The molecule has 0 radical (unpaired) electrons. The Kier molecular flexibility index (Phi) is 3.98. The number of hydrogen-bond acceptors (Lipinski definition) is 1. The minimum Gasteiger partial charge on any atom is -0.411 e. The van der Waals surface area contributed by atoms with Crippen molar-refractivity contribution in [3.8, 4) is 0 Å². The number of halogens is 1. The topological polar surface area (TPSA) is 9.23 Å². The molecule has 0 unspecified atom stereocenters. The van der Waals surface area contributed by atoms with Gasteiger partial charge in [-0.1, -0.05) is 17.7 Å². The summed E-state index contributed by atoms with van der Waals surface area (Å²) in [4.78, 5) is 0. The zero-order chi connectivity index (χ0) is 11.6. The molecule has 1 aromatic rings. The summed E-state index contributed by atoms with van der Waals surface area (Å²) < 4.78 is 6.04. The second kappa shape index (κ2) is 4.68. The van der Waals surface area contributed by atoms with E-state index in [9.17, 15) is 0 Å². The van der Waals surface area contributed by atoms with Gasteiger partial charge in [-0.2, -0.15) is 0 Å². The van der Waals surface area contributed by atoms with E-state index in [1.807, 2.05) is 12.1 Å². The SMILES string of the molecule is Cc1cc(Cl)ccc1[Si](C)(C)OC(C)C. The van der Waals surface area contributed by atoms with Gasteiger partial charge in [0.1, 0.15) is 0 Å². The van der Waals surface area contributed by atoms with Gasteiger partial charge in [-0.05, 0) is 56.7 Å². The van der Waals surface area contributed by atoms with Crippen molar-refractivity contribution >= 4 is 25.1 Å². The Morgan fingerprint density at radius 2 is 1.87 bits per heavy atom. The standard InChI is InChI=1S/C12H19ClOSi/c1-9(2)14-15(4,5)12-7-6-11(13)8-10(12)3/h6-9H,1-5H3. The molecule has 1 rings (SSSR count). The fourth-order valence-electron chi connectivity index (χ4n) is 1.96. The van der Waals surface area contributed by atoms with E-state index in [0.717, 1.165) is 5.02 Å². The minimum atomic E-state index is -1.77. The number of aryl methyl sites for hydroxylation is 1. The lowest BCUT2D eigenvalue weighted by atomic mass is 10.2. The first-order chi connectivity index (χ1) is 6.83. The summed E-state index contributed by atoms with van der Waals surface area (Å²) in [5.74, 6) is 0. The molecule has 0 aliphatic carbocycles.